The number of hydrogen-bond donors (Lipinski definition) is 1. The van der Waals surface area contributed by atoms with Crippen LogP contribution in [0, 0.1) is 6.92 Å². The first-order chi connectivity index (χ1) is 8.52. The molecule has 0 aliphatic rings. The quantitative estimate of drug-likeness (QED) is 0.903. The van der Waals surface area contributed by atoms with Crippen LogP contribution in [0.2, 0.25) is 0 Å². The summed E-state index contributed by atoms with van der Waals surface area (Å²) in [5, 5.41) is 9.84. The van der Waals surface area contributed by atoms with Crippen LogP contribution in [0.1, 0.15) is 17.7 Å². The van der Waals surface area contributed by atoms with Crippen LogP contribution in [0.5, 0.6) is 5.75 Å². The van der Waals surface area contributed by atoms with Gasteiger partial charge in [0.1, 0.15) is 5.75 Å². The average Bonchev–Trinajstić information content (AvgIpc) is 2.63. The third-order valence-corrected chi connectivity index (χ3v) is 3.22. The molecule has 0 saturated carbocycles. The Bertz CT molecular complexity index is 599. The van der Waals surface area contributed by atoms with Gasteiger partial charge in [0.25, 0.3) is 0 Å². The molecule has 18 heavy (non-hydrogen) atoms. The Kier molecular flexibility index (Phi) is 3.28. The normalized spacial score (nSPS) is 10.8. The smallest absolute Gasteiger partial charge is 0.303 e. The van der Waals surface area contributed by atoms with Crippen molar-refractivity contribution in [1.82, 2.24) is 4.57 Å². The van der Waals surface area contributed by atoms with Gasteiger partial charge < -0.3 is 14.4 Å². The minimum absolute atomic E-state index is 0.153. The molecular formula is C14H17NO3. The van der Waals surface area contributed by atoms with Crippen molar-refractivity contribution in [3.05, 3.63) is 29.5 Å². The summed E-state index contributed by atoms with van der Waals surface area (Å²) in [7, 11) is 3.62. The first kappa shape index (κ1) is 12.5. The van der Waals surface area contributed by atoms with Crippen LogP contribution in [-0.2, 0) is 18.3 Å². The fourth-order valence-electron chi connectivity index (χ4n) is 2.35. The van der Waals surface area contributed by atoms with E-state index >= 15 is 0 Å². The van der Waals surface area contributed by atoms with Gasteiger partial charge in [0, 0.05) is 18.1 Å². The lowest BCUT2D eigenvalue weighted by Gasteiger charge is -2.06. The summed E-state index contributed by atoms with van der Waals surface area (Å²) >= 11 is 0. The highest BCUT2D eigenvalue weighted by Gasteiger charge is 2.10. The summed E-state index contributed by atoms with van der Waals surface area (Å²) in [6, 6.07) is 6.00. The number of aromatic nitrogens is 1. The van der Waals surface area contributed by atoms with Crippen molar-refractivity contribution in [3.63, 3.8) is 0 Å². The number of benzene rings is 1. The lowest BCUT2D eigenvalue weighted by Crippen LogP contribution is -2.02. The van der Waals surface area contributed by atoms with E-state index in [-0.39, 0.29) is 6.42 Å². The molecule has 0 aliphatic carbocycles. The Morgan fingerprint density at radius 2 is 2.11 bits per heavy atom. The second kappa shape index (κ2) is 4.72. The highest BCUT2D eigenvalue weighted by atomic mass is 16.5. The number of carbonyl (C=O) groups is 1. The van der Waals surface area contributed by atoms with Gasteiger partial charge in [-0.15, -0.1) is 0 Å². The maximum atomic E-state index is 10.6. The van der Waals surface area contributed by atoms with E-state index < -0.39 is 5.97 Å². The molecular weight excluding hydrogens is 230 g/mol. The second-order valence-electron chi connectivity index (χ2n) is 4.47. The van der Waals surface area contributed by atoms with Crippen LogP contribution in [0.4, 0.5) is 0 Å². The van der Waals surface area contributed by atoms with E-state index in [1.54, 1.807) is 7.11 Å². The summed E-state index contributed by atoms with van der Waals surface area (Å²) < 4.78 is 7.31. The van der Waals surface area contributed by atoms with E-state index in [9.17, 15) is 4.79 Å². The Hall–Kier alpha value is -1.97. The number of nitrogens with zero attached hydrogens (tertiary/aromatic N) is 1. The molecule has 1 N–H and O–H groups in total. The minimum Gasteiger partial charge on any atom is -0.497 e. The number of carboxylic acids is 1. The summed E-state index contributed by atoms with van der Waals surface area (Å²) in [5.41, 5.74) is 3.30. The number of hydrogen-bond acceptors (Lipinski definition) is 2. The molecule has 0 aliphatic heterocycles. The van der Waals surface area contributed by atoms with Gasteiger partial charge in [-0.05, 0) is 37.1 Å². The summed E-state index contributed by atoms with van der Waals surface area (Å²) in [6.07, 6.45) is 0.697. The molecule has 0 bridgehead atoms. The molecule has 2 aromatic rings. The predicted molar refractivity (Wildman–Crippen MR) is 70.2 cm³/mol. The first-order valence-corrected chi connectivity index (χ1v) is 5.87. The third-order valence-electron chi connectivity index (χ3n) is 3.22. The van der Waals surface area contributed by atoms with Crippen molar-refractivity contribution in [2.75, 3.05) is 7.11 Å². The van der Waals surface area contributed by atoms with E-state index in [2.05, 4.69) is 4.57 Å². The van der Waals surface area contributed by atoms with Gasteiger partial charge in [0.05, 0.1) is 19.0 Å². The number of rotatable bonds is 4. The number of aryl methyl sites for hydroxylation is 3. The van der Waals surface area contributed by atoms with E-state index in [1.807, 2.05) is 32.2 Å². The number of methoxy groups -OCH3 is 1. The lowest BCUT2D eigenvalue weighted by atomic mass is 10.1. The van der Waals surface area contributed by atoms with Crippen molar-refractivity contribution < 1.29 is 14.6 Å². The lowest BCUT2D eigenvalue weighted by molar-refractivity contribution is -0.136. The molecule has 0 amide bonds. The van der Waals surface area contributed by atoms with E-state index in [4.69, 9.17) is 9.84 Å². The summed E-state index contributed by atoms with van der Waals surface area (Å²) in [6.45, 7) is 2.03. The molecule has 0 radical (unpaired) electrons. The van der Waals surface area contributed by atoms with Crippen molar-refractivity contribution in [3.8, 4) is 5.75 Å². The Labute approximate surface area is 106 Å². The highest BCUT2D eigenvalue weighted by molar-refractivity contribution is 5.86. The fourth-order valence-corrected chi connectivity index (χ4v) is 2.35. The van der Waals surface area contributed by atoms with E-state index in [1.165, 1.54) is 0 Å². The van der Waals surface area contributed by atoms with Gasteiger partial charge in [-0.25, -0.2) is 0 Å². The van der Waals surface area contributed by atoms with Gasteiger partial charge in [-0.3, -0.25) is 4.79 Å². The minimum atomic E-state index is -0.769. The van der Waals surface area contributed by atoms with Crippen molar-refractivity contribution in [2.24, 2.45) is 7.05 Å². The van der Waals surface area contributed by atoms with Gasteiger partial charge >= 0.3 is 5.97 Å². The van der Waals surface area contributed by atoms with Crippen molar-refractivity contribution in [2.45, 2.75) is 19.8 Å². The monoisotopic (exact) mass is 247 g/mol. The van der Waals surface area contributed by atoms with Gasteiger partial charge in [0.15, 0.2) is 0 Å². The van der Waals surface area contributed by atoms with Crippen LogP contribution in [0.3, 0.4) is 0 Å². The molecule has 1 heterocycles. The zero-order valence-corrected chi connectivity index (χ0v) is 10.9. The van der Waals surface area contributed by atoms with Gasteiger partial charge in [-0.2, -0.15) is 0 Å². The number of carboxylic acid groups (broad SMARTS) is 1. The van der Waals surface area contributed by atoms with E-state index in [0.717, 1.165) is 27.9 Å². The van der Waals surface area contributed by atoms with Crippen LogP contribution >= 0.6 is 0 Å². The second-order valence-corrected chi connectivity index (χ2v) is 4.47. The third kappa shape index (κ3) is 2.18. The molecule has 0 unspecified atom stereocenters. The molecule has 96 valence electrons. The standard InChI is InChI=1S/C14H17NO3/c1-9-6-12(18-3)8-10-7-11(4-5-13(16)17)15(2)14(9)10/h6-8H,4-5H2,1-3H3,(H,16,17). The largest absolute Gasteiger partial charge is 0.497 e. The zero-order chi connectivity index (χ0) is 13.3. The molecule has 4 nitrogen and oxygen atoms in total. The predicted octanol–water partition coefficient (Wildman–Crippen LogP) is 2.51. The molecule has 0 atom stereocenters. The average molecular weight is 247 g/mol. The van der Waals surface area contributed by atoms with Gasteiger partial charge in [-0.1, -0.05) is 0 Å². The summed E-state index contributed by atoms with van der Waals surface area (Å²) in [5.74, 6) is 0.0601. The fraction of sp³-hybridized carbons (Fsp3) is 0.357. The molecule has 0 spiro atoms. The van der Waals surface area contributed by atoms with Crippen LogP contribution in [-0.4, -0.2) is 22.8 Å². The Morgan fingerprint density at radius 1 is 1.39 bits per heavy atom. The number of ether oxygens (including phenoxy) is 1. The van der Waals surface area contributed by atoms with Crippen LogP contribution in [0.15, 0.2) is 18.2 Å². The topological polar surface area (TPSA) is 51.5 Å². The summed E-state index contributed by atoms with van der Waals surface area (Å²) in [4.78, 5) is 10.6. The molecule has 0 fully saturated rings. The number of fused-ring (bicyclic) bond motifs is 1. The molecule has 1 aromatic carbocycles. The first-order valence-electron chi connectivity index (χ1n) is 5.87. The maximum Gasteiger partial charge on any atom is 0.303 e. The Morgan fingerprint density at radius 3 is 2.72 bits per heavy atom. The highest BCUT2D eigenvalue weighted by Crippen LogP contribution is 2.27. The molecule has 2 rings (SSSR count). The maximum absolute atomic E-state index is 10.6. The number of aliphatic carboxylic acids is 1. The molecule has 1 aromatic heterocycles. The van der Waals surface area contributed by atoms with E-state index in [0.29, 0.717) is 6.42 Å². The van der Waals surface area contributed by atoms with Crippen molar-refractivity contribution in [1.29, 1.82) is 0 Å². The van der Waals surface area contributed by atoms with Crippen LogP contribution < -0.4 is 4.74 Å². The van der Waals surface area contributed by atoms with Gasteiger partial charge in [0.2, 0.25) is 0 Å². The SMILES string of the molecule is COc1cc(C)c2c(c1)cc(CCC(=O)O)n2C. The van der Waals surface area contributed by atoms with Crippen molar-refractivity contribution >= 4 is 16.9 Å². The molecule has 0 saturated heterocycles. The Balaban J connectivity index is 2.48. The zero-order valence-electron chi connectivity index (χ0n) is 10.9. The van der Waals surface area contributed by atoms with Crippen LogP contribution in [0.25, 0.3) is 10.9 Å². The molecule has 4 heteroatoms.